The van der Waals surface area contributed by atoms with Crippen molar-refractivity contribution in [1.82, 2.24) is 15.0 Å². The average molecular weight is 522 g/mol. The predicted molar refractivity (Wildman–Crippen MR) is 137 cm³/mol. The van der Waals surface area contributed by atoms with Crippen molar-refractivity contribution in [2.24, 2.45) is 5.92 Å². The van der Waals surface area contributed by atoms with Crippen molar-refractivity contribution in [3.05, 3.63) is 62.9 Å². The van der Waals surface area contributed by atoms with Crippen molar-refractivity contribution >= 4 is 46.4 Å². The summed E-state index contributed by atoms with van der Waals surface area (Å²) >= 11 is 18.2. The molecule has 0 radical (unpaired) electrons. The van der Waals surface area contributed by atoms with Gasteiger partial charge in [0.25, 0.3) is 0 Å². The number of hydrogen-bond donors (Lipinski definition) is 1. The number of likely N-dealkylation sites (tertiary alicyclic amines) is 1. The maximum Gasteiger partial charge on any atom is 0.241 e. The highest BCUT2D eigenvalue weighted by Crippen LogP contribution is 2.33. The minimum Gasteiger partial charge on any atom is -0.338 e. The number of carbonyl (C=O) groups excluding carboxylic acids is 1. The van der Waals surface area contributed by atoms with E-state index in [1.165, 1.54) is 11.6 Å². The van der Waals surface area contributed by atoms with Gasteiger partial charge in [-0.2, -0.15) is 4.98 Å². The molecule has 1 amide bonds. The van der Waals surface area contributed by atoms with Crippen molar-refractivity contribution in [3.63, 3.8) is 0 Å². The minimum absolute atomic E-state index is 0.0706. The van der Waals surface area contributed by atoms with Crippen LogP contribution in [0.15, 0.2) is 40.9 Å². The van der Waals surface area contributed by atoms with Crippen LogP contribution in [-0.2, 0) is 16.8 Å². The molecule has 0 aliphatic carbocycles. The quantitative estimate of drug-likeness (QED) is 0.372. The molecule has 1 aliphatic heterocycles. The third-order valence-corrected chi connectivity index (χ3v) is 7.10. The second-order valence-electron chi connectivity index (χ2n) is 9.62. The maximum atomic E-state index is 12.7. The van der Waals surface area contributed by atoms with Crippen molar-refractivity contribution < 1.29 is 9.32 Å². The summed E-state index contributed by atoms with van der Waals surface area (Å²) in [5.74, 6) is 0.976. The second-order valence-corrected chi connectivity index (χ2v) is 10.8. The second kappa shape index (κ2) is 10.2. The normalized spacial score (nSPS) is 15.5. The van der Waals surface area contributed by atoms with E-state index in [0.29, 0.717) is 39.0 Å². The van der Waals surface area contributed by atoms with Crippen molar-refractivity contribution in [1.29, 1.82) is 0 Å². The zero-order valence-electron chi connectivity index (χ0n) is 19.4. The number of anilines is 1. The van der Waals surface area contributed by atoms with Gasteiger partial charge in [-0.3, -0.25) is 9.69 Å². The Bertz CT molecular complexity index is 1160. The number of hydrogen-bond acceptors (Lipinski definition) is 5. The lowest BCUT2D eigenvalue weighted by molar-refractivity contribution is -0.121. The zero-order chi connectivity index (χ0) is 24.5. The molecule has 0 spiro atoms. The fraction of sp³-hybridized carbons (Fsp3) is 0.400. The summed E-state index contributed by atoms with van der Waals surface area (Å²) in [6.07, 6.45) is 1.44. The Hall–Kier alpha value is -2.12. The van der Waals surface area contributed by atoms with Gasteiger partial charge in [0.05, 0.1) is 27.3 Å². The van der Waals surface area contributed by atoms with Gasteiger partial charge in [0.1, 0.15) is 0 Å². The molecular formula is C25H27Cl3N4O2. The molecule has 1 fully saturated rings. The van der Waals surface area contributed by atoms with Crippen LogP contribution in [0.3, 0.4) is 0 Å². The van der Waals surface area contributed by atoms with Crippen LogP contribution < -0.4 is 5.32 Å². The number of benzene rings is 2. The molecule has 1 aromatic heterocycles. The Kier molecular flexibility index (Phi) is 7.53. The first-order valence-electron chi connectivity index (χ1n) is 11.2. The predicted octanol–water partition coefficient (Wildman–Crippen LogP) is 6.85. The van der Waals surface area contributed by atoms with Crippen molar-refractivity contribution in [3.8, 4) is 11.4 Å². The van der Waals surface area contributed by atoms with Gasteiger partial charge in [0, 0.05) is 11.5 Å². The Morgan fingerprint density at radius 2 is 1.71 bits per heavy atom. The fourth-order valence-corrected chi connectivity index (χ4v) is 4.55. The van der Waals surface area contributed by atoms with Crippen LogP contribution in [0.2, 0.25) is 15.1 Å². The molecule has 9 heteroatoms. The van der Waals surface area contributed by atoms with E-state index in [1.54, 1.807) is 6.07 Å². The Balaban J connectivity index is 1.30. The van der Waals surface area contributed by atoms with Crippen LogP contribution in [0.5, 0.6) is 0 Å². The molecule has 0 bridgehead atoms. The van der Waals surface area contributed by atoms with Gasteiger partial charge in [-0.25, -0.2) is 0 Å². The van der Waals surface area contributed by atoms with Gasteiger partial charge in [0.2, 0.25) is 17.6 Å². The van der Waals surface area contributed by atoms with Gasteiger partial charge in [-0.15, -0.1) is 0 Å². The molecule has 1 aliphatic rings. The summed E-state index contributed by atoms with van der Waals surface area (Å²) < 4.78 is 5.49. The summed E-state index contributed by atoms with van der Waals surface area (Å²) in [4.78, 5) is 19.5. The molecule has 180 valence electrons. The Morgan fingerprint density at radius 3 is 2.35 bits per heavy atom. The minimum atomic E-state index is -0.110. The molecule has 6 nitrogen and oxygen atoms in total. The van der Waals surface area contributed by atoms with Gasteiger partial charge in [-0.05, 0) is 49.0 Å². The fourth-order valence-electron chi connectivity index (χ4n) is 3.95. The summed E-state index contributed by atoms with van der Waals surface area (Å²) in [5.41, 5.74) is 2.75. The lowest BCUT2D eigenvalue weighted by Crippen LogP contribution is -2.37. The van der Waals surface area contributed by atoms with E-state index in [0.717, 1.165) is 31.5 Å². The van der Waals surface area contributed by atoms with Crippen LogP contribution in [0.4, 0.5) is 5.69 Å². The highest BCUT2D eigenvalue weighted by molar-refractivity contribution is 6.44. The summed E-state index contributed by atoms with van der Waals surface area (Å²) in [6.45, 7) is 8.62. The number of rotatable bonds is 5. The van der Waals surface area contributed by atoms with E-state index >= 15 is 0 Å². The molecule has 0 saturated carbocycles. The van der Waals surface area contributed by atoms with Crippen molar-refractivity contribution in [2.45, 2.75) is 45.6 Å². The monoisotopic (exact) mass is 520 g/mol. The topological polar surface area (TPSA) is 71.3 Å². The SMILES string of the molecule is CC(C)(C)c1ccc(-c2noc(CN3CCC(C(=O)Nc4cc(Cl)c(Cl)cc4Cl)CC3)n2)cc1. The van der Waals surface area contributed by atoms with Crippen LogP contribution >= 0.6 is 34.8 Å². The highest BCUT2D eigenvalue weighted by atomic mass is 35.5. The van der Waals surface area contributed by atoms with Gasteiger partial charge in [-0.1, -0.05) is 85.0 Å². The van der Waals surface area contributed by atoms with E-state index in [4.69, 9.17) is 39.3 Å². The molecule has 0 atom stereocenters. The summed E-state index contributed by atoms with van der Waals surface area (Å²) in [6, 6.07) is 11.4. The van der Waals surface area contributed by atoms with Crippen LogP contribution in [0, 0.1) is 5.92 Å². The number of halogens is 3. The van der Waals surface area contributed by atoms with Gasteiger partial charge in [0.15, 0.2) is 0 Å². The van der Waals surface area contributed by atoms with Gasteiger partial charge >= 0.3 is 0 Å². The number of piperidine rings is 1. The third kappa shape index (κ3) is 5.92. The molecule has 4 rings (SSSR count). The molecular weight excluding hydrogens is 495 g/mol. The Labute approximate surface area is 214 Å². The van der Waals surface area contributed by atoms with Crippen LogP contribution in [-0.4, -0.2) is 34.0 Å². The smallest absolute Gasteiger partial charge is 0.241 e. The van der Waals surface area contributed by atoms with E-state index in [9.17, 15) is 4.79 Å². The lowest BCUT2D eigenvalue weighted by atomic mass is 9.87. The zero-order valence-corrected chi connectivity index (χ0v) is 21.6. The third-order valence-electron chi connectivity index (χ3n) is 6.06. The average Bonchev–Trinajstić information content (AvgIpc) is 3.26. The first kappa shape index (κ1) is 25.0. The molecule has 1 N–H and O–H groups in total. The van der Waals surface area contributed by atoms with Gasteiger partial charge < -0.3 is 9.84 Å². The number of carbonyl (C=O) groups is 1. The van der Waals surface area contributed by atoms with E-state index in [1.807, 2.05) is 12.1 Å². The van der Waals surface area contributed by atoms with E-state index in [-0.39, 0.29) is 17.2 Å². The van der Waals surface area contributed by atoms with Crippen LogP contribution in [0.25, 0.3) is 11.4 Å². The first-order valence-corrected chi connectivity index (χ1v) is 12.3. The van der Waals surface area contributed by atoms with Crippen LogP contribution in [0.1, 0.15) is 45.1 Å². The standard InChI is InChI=1S/C25H27Cl3N4O2/c1-25(2,3)17-6-4-15(5-7-17)23-30-22(34-31-23)14-32-10-8-16(9-11-32)24(33)29-21-13-19(27)18(26)12-20(21)28/h4-7,12-13,16H,8-11,14H2,1-3H3,(H,29,33). The molecule has 1 saturated heterocycles. The van der Waals surface area contributed by atoms with Crippen molar-refractivity contribution in [2.75, 3.05) is 18.4 Å². The number of nitrogens with zero attached hydrogens (tertiary/aromatic N) is 3. The molecule has 3 aromatic rings. The molecule has 2 heterocycles. The first-order chi connectivity index (χ1) is 16.1. The maximum absolute atomic E-state index is 12.7. The lowest BCUT2D eigenvalue weighted by Gasteiger charge is -2.30. The summed E-state index contributed by atoms with van der Waals surface area (Å²) in [7, 11) is 0. The summed E-state index contributed by atoms with van der Waals surface area (Å²) in [5, 5.41) is 8.08. The largest absolute Gasteiger partial charge is 0.338 e. The molecule has 34 heavy (non-hydrogen) atoms. The molecule has 2 aromatic carbocycles. The number of aromatic nitrogens is 2. The van der Waals surface area contributed by atoms with E-state index in [2.05, 4.69) is 53.3 Å². The number of amides is 1. The molecule has 0 unspecified atom stereocenters. The van der Waals surface area contributed by atoms with E-state index < -0.39 is 0 Å². The Morgan fingerprint density at radius 1 is 1.06 bits per heavy atom. The highest BCUT2D eigenvalue weighted by Gasteiger charge is 2.27. The number of nitrogens with one attached hydrogen (secondary N) is 1.